The van der Waals surface area contributed by atoms with Gasteiger partial charge in [0.15, 0.2) is 0 Å². The smallest absolute Gasteiger partial charge is 0.379 e. The summed E-state index contributed by atoms with van der Waals surface area (Å²) in [5.74, 6) is 1.34. The maximum absolute atomic E-state index is 13.9. The Balaban J connectivity index is 1.52. The summed E-state index contributed by atoms with van der Waals surface area (Å²) in [4.78, 5) is 6.45. The normalized spacial score (nSPS) is 15.9. The number of pyridine rings is 1. The van der Waals surface area contributed by atoms with Crippen LogP contribution in [0.1, 0.15) is 73.7 Å². The van der Waals surface area contributed by atoms with Gasteiger partial charge in [-0.05, 0) is 67.6 Å². The number of alkyl halides is 3. The zero-order valence-corrected chi connectivity index (χ0v) is 21.2. The number of nitrogens with one attached hydrogen (secondary N) is 1. The maximum Gasteiger partial charge on any atom is 0.418 e. The lowest BCUT2D eigenvalue weighted by molar-refractivity contribution is -0.138. The van der Waals surface area contributed by atoms with E-state index in [1.54, 1.807) is 12.5 Å². The van der Waals surface area contributed by atoms with Crippen molar-refractivity contribution in [1.82, 2.24) is 24.6 Å². The molecule has 1 N–H and O–H groups in total. The summed E-state index contributed by atoms with van der Waals surface area (Å²) < 4.78 is 43.7. The van der Waals surface area contributed by atoms with Gasteiger partial charge < -0.3 is 9.88 Å². The van der Waals surface area contributed by atoms with Gasteiger partial charge in [-0.1, -0.05) is 32.4 Å². The second-order valence-electron chi connectivity index (χ2n) is 10.1. The molecule has 36 heavy (non-hydrogen) atoms. The van der Waals surface area contributed by atoms with E-state index in [-0.39, 0.29) is 18.2 Å². The highest BCUT2D eigenvalue weighted by molar-refractivity contribution is 5.48. The van der Waals surface area contributed by atoms with Gasteiger partial charge >= 0.3 is 6.18 Å². The SMILES string of the molecule is CC(C)CC(c1cccc(NCc2ncc(CN3CCCCC3)cc2C(F)(F)F)c1)c1nncn1C. The van der Waals surface area contributed by atoms with Crippen LogP contribution in [0.25, 0.3) is 0 Å². The van der Waals surface area contributed by atoms with Crippen molar-refractivity contribution in [3.05, 3.63) is 71.1 Å². The van der Waals surface area contributed by atoms with E-state index in [0.717, 1.165) is 49.4 Å². The van der Waals surface area contributed by atoms with Gasteiger partial charge in [0.1, 0.15) is 12.2 Å². The Kier molecular flexibility index (Phi) is 8.28. The van der Waals surface area contributed by atoms with Crippen LogP contribution >= 0.6 is 0 Å². The van der Waals surface area contributed by atoms with E-state index in [1.165, 1.54) is 12.5 Å². The molecule has 3 aromatic rings. The minimum Gasteiger partial charge on any atom is -0.379 e. The third-order valence-corrected chi connectivity index (χ3v) is 6.70. The number of benzene rings is 1. The summed E-state index contributed by atoms with van der Waals surface area (Å²) >= 11 is 0. The zero-order chi connectivity index (χ0) is 25.7. The van der Waals surface area contributed by atoms with Crippen LogP contribution in [0.3, 0.4) is 0 Å². The van der Waals surface area contributed by atoms with Crippen LogP contribution in [0.4, 0.5) is 18.9 Å². The molecular formula is C27H35F3N6. The molecule has 1 fully saturated rings. The Labute approximate surface area is 211 Å². The summed E-state index contributed by atoms with van der Waals surface area (Å²) in [6.07, 6.45) is 3.06. The molecule has 194 valence electrons. The van der Waals surface area contributed by atoms with E-state index >= 15 is 0 Å². The average Bonchev–Trinajstić information content (AvgIpc) is 3.27. The van der Waals surface area contributed by atoms with E-state index in [9.17, 15) is 13.2 Å². The topological polar surface area (TPSA) is 58.9 Å². The minimum absolute atomic E-state index is 0.00216. The molecule has 0 saturated carbocycles. The number of hydrogen-bond acceptors (Lipinski definition) is 5. The highest BCUT2D eigenvalue weighted by atomic mass is 19.4. The van der Waals surface area contributed by atoms with Crippen molar-refractivity contribution in [1.29, 1.82) is 0 Å². The molecule has 0 bridgehead atoms. The summed E-state index contributed by atoms with van der Waals surface area (Å²) in [6, 6.07) is 9.06. The molecule has 4 rings (SSSR count). The fraction of sp³-hybridized carbons (Fsp3) is 0.519. The highest BCUT2D eigenvalue weighted by Crippen LogP contribution is 2.34. The first-order valence-corrected chi connectivity index (χ1v) is 12.7. The lowest BCUT2D eigenvalue weighted by atomic mass is 9.89. The number of piperidine rings is 1. The lowest BCUT2D eigenvalue weighted by Crippen LogP contribution is -2.29. The summed E-state index contributed by atoms with van der Waals surface area (Å²) in [5, 5.41) is 11.5. The van der Waals surface area contributed by atoms with Crippen LogP contribution in [-0.4, -0.2) is 37.7 Å². The van der Waals surface area contributed by atoms with Gasteiger partial charge in [-0.3, -0.25) is 9.88 Å². The fourth-order valence-electron chi connectivity index (χ4n) is 4.91. The first-order chi connectivity index (χ1) is 17.2. The Bertz CT molecular complexity index is 1130. The molecule has 6 nitrogen and oxygen atoms in total. The van der Waals surface area contributed by atoms with Crippen molar-refractivity contribution in [2.45, 2.75) is 64.7 Å². The summed E-state index contributed by atoms with van der Waals surface area (Å²) in [5.41, 5.74) is 1.73. The number of nitrogens with zero attached hydrogens (tertiary/aromatic N) is 5. The first-order valence-electron chi connectivity index (χ1n) is 12.7. The minimum atomic E-state index is -4.46. The summed E-state index contributed by atoms with van der Waals surface area (Å²) in [7, 11) is 1.92. The maximum atomic E-state index is 13.9. The average molecular weight is 501 g/mol. The molecule has 0 spiro atoms. The third-order valence-electron chi connectivity index (χ3n) is 6.70. The number of rotatable bonds is 9. The van der Waals surface area contributed by atoms with Gasteiger partial charge in [-0.25, -0.2) is 0 Å². The van der Waals surface area contributed by atoms with Crippen molar-refractivity contribution in [3.63, 3.8) is 0 Å². The van der Waals surface area contributed by atoms with Crippen molar-refractivity contribution >= 4 is 5.69 Å². The van der Waals surface area contributed by atoms with Crippen molar-refractivity contribution in [2.24, 2.45) is 13.0 Å². The molecular weight excluding hydrogens is 465 g/mol. The van der Waals surface area contributed by atoms with E-state index < -0.39 is 11.7 Å². The summed E-state index contributed by atoms with van der Waals surface area (Å²) in [6.45, 7) is 6.65. The van der Waals surface area contributed by atoms with E-state index in [1.807, 2.05) is 35.9 Å². The number of halogens is 3. The number of likely N-dealkylation sites (tertiary alicyclic amines) is 1. The molecule has 1 aliphatic heterocycles. The van der Waals surface area contributed by atoms with Crippen LogP contribution in [0, 0.1) is 5.92 Å². The number of hydrogen-bond donors (Lipinski definition) is 1. The third kappa shape index (κ3) is 6.63. The van der Waals surface area contributed by atoms with Crippen LogP contribution in [0.15, 0.2) is 42.9 Å². The first kappa shape index (κ1) is 26.1. The molecule has 0 amide bonds. The molecule has 9 heteroatoms. The predicted octanol–water partition coefficient (Wildman–Crippen LogP) is 6.00. The van der Waals surface area contributed by atoms with Crippen LogP contribution < -0.4 is 5.32 Å². The number of anilines is 1. The van der Waals surface area contributed by atoms with Gasteiger partial charge in [-0.15, -0.1) is 10.2 Å². The molecule has 1 aliphatic rings. The fourth-order valence-corrected chi connectivity index (χ4v) is 4.91. The largest absolute Gasteiger partial charge is 0.418 e. The molecule has 0 radical (unpaired) electrons. The van der Waals surface area contributed by atoms with Crippen molar-refractivity contribution in [3.8, 4) is 0 Å². The second-order valence-corrected chi connectivity index (χ2v) is 10.1. The Morgan fingerprint density at radius 3 is 2.53 bits per heavy atom. The van der Waals surface area contributed by atoms with Crippen LogP contribution in [0.2, 0.25) is 0 Å². The molecule has 1 unspecified atom stereocenters. The Hall–Kier alpha value is -2.94. The molecule has 2 aromatic heterocycles. The van der Waals surface area contributed by atoms with Gasteiger partial charge in [-0.2, -0.15) is 13.2 Å². The molecule has 1 atom stereocenters. The van der Waals surface area contributed by atoms with E-state index in [2.05, 4.69) is 39.2 Å². The standard InChI is InChI=1S/C27H35F3N6/c1-19(2)12-23(26-34-33-18-35(26)3)21-8-7-9-22(14-21)31-16-25-24(27(28,29)30)13-20(15-32-25)17-36-10-5-4-6-11-36/h7-9,13-15,18-19,23,31H,4-6,10-12,16-17H2,1-3H3. The Morgan fingerprint density at radius 1 is 1.08 bits per heavy atom. The van der Waals surface area contributed by atoms with Gasteiger partial charge in [0.05, 0.1) is 17.8 Å². The lowest BCUT2D eigenvalue weighted by Gasteiger charge is -2.26. The van der Waals surface area contributed by atoms with E-state index in [4.69, 9.17) is 0 Å². The quantitative estimate of drug-likeness (QED) is 0.390. The predicted molar refractivity (Wildman–Crippen MR) is 134 cm³/mol. The molecule has 1 aromatic carbocycles. The second kappa shape index (κ2) is 11.4. The number of aromatic nitrogens is 4. The Morgan fingerprint density at radius 2 is 1.86 bits per heavy atom. The molecule has 3 heterocycles. The van der Waals surface area contributed by atoms with Crippen molar-refractivity contribution in [2.75, 3.05) is 18.4 Å². The number of aryl methyl sites for hydroxylation is 1. The van der Waals surface area contributed by atoms with Crippen LogP contribution in [0.5, 0.6) is 0 Å². The molecule has 0 aliphatic carbocycles. The highest BCUT2D eigenvalue weighted by Gasteiger charge is 2.34. The molecule has 1 saturated heterocycles. The zero-order valence-electron chi connectivity index (χ0n) is 21.2. The van der Waals surface area contributed by atoms with E-state index in [0.29, 0.717) is 18.0 Å². The van der Waals surface area contributed by atoms with Crippen LogP contribution in [-0.2, 0) is 26.3 Å². The van der Waals surface area contributed by atoms with Gasteiger partial charge in [0.25, 0.3) is 0 Å². The van der Waals surface area contributed by atoms with Gasteiger partial charge in [0.2, 0.25) is 0 Å². The van der Waals surface area contributed by atoms with Gasteiger partial charge in [0, 0.05) is 31.4 Å². The monoisotopic (exact) mass is 500 g/mol. The van der Waals surface area contributed by atoms with Crippen molar-refractivity contribution < 1.29 is 13.2 Å².